The van der Waals surface area contributed by atoms with Crippen molar-refractivity contribution in [2.75, 3.05) is 0 Å². The Morgan fingerprint density at radius 2 is 1.88 bits per heavy atom. The number of nitrogens with two attached hydrogens (primary N) is 1. The van der Waals surface area contributed by atoms with Crippen LogP contribution < -0.4 is 5.73 Å². The number of carbonyl (C=O) groups excluding carboxylic acids is 1. The van der Waals surface area contributed by atoms with E-state index in [-0.39, 0.29) is 11.6 Å². The largest absolute Gasteiger partial charge is 0.458 e. The van der Waals surface area contributed by atoms with Crippen LogP contribution in [0.2, 0.25) is 0 Å². The molecular formula is C13H25NO2. The van der Waals surface area contributed by atoms with E-state index in [1.807, 2.05) is 6.92 Å². The Labute approximate surface area is 98.7 Å². The minimum atomic E-state index is -0.459. The molecular weight excluding hydrogens is 202 g/mol. The van der Waals surface area contributed by atoms with Gasteiger partial charge in [-0.3, -0.25) is 4.79 Å². The molecule has 1 atom stereocenters. The monoisotopic (exact) mass is 227 g/mol. The fraction of sp³-hybridized carbons (Fsp3) is 0.923. The van der Waals surface area contributed by atoms with E-state index < -0.39 is 6.04 Å². The van der Waals surface area contributed by atoms with Gasteiger partial charge < -0.3 is 10.5 Å². The number of hydrogen-bond donors (Lipinski definition) is 1. The van der Waals surface area contributed by atoms with Crippen LogP contribution in [-0.2, 0) is 9.53 Å². The van der Waals surface area contributed by atoms with E-state index in [0.29, 0.717) is 12.3 Å². The summed E-state index contributed by atoms with van der Waals surface area (Å²) in [5.74, 6) is 0.208. The van der Waals surface area contributed by atoms with E-state index >= 15 is 0 Å². The van der Waals surface area contributed by atoms with Gasteiger partial charge >= 0.3 is 5.97 Å². The van der Waals surface area contributed by atoms with E-state index in [0.717, 1.165) is 25.7 Å². The molecule has 0 saturated heterocycles. The summed E-state index contributed by atoms with van der Waals surface area (Å²) in [6.07, 6.45) is 6.23. The molecule has 0 aromatic rings. The predicted octanol–water partition coefficient (Wildman–Crippen LogP) is 2.63. The molecule has 1 aliphatic carbocycles. The van der Waals surface area contributed by atoms with Crippen molar-refractivity contribution in [1.82, 2.24) is 0 Å². The summed E-state index contributed by atoms with van der Waals surface area (Å²) < 4.78 is 5.58. The molecule has 0 radical (unpaired) electrons. The molecule has 94 valence electrons. The topological polar surface area (TPSA) is 52.3 Å². The van der Waals surface area contributed by atoms with E-state index in [1.54, 1.807) is 0 Å². The van der Waals surface area contributed by atoms with Gasteiger partial charge in [0, 0.05) is 0 Å². The Morgan fingerprint density at radius 1 is 1.31 bits per heavy atom. The molecule has 1 saturated carbocycles. The van der Waals surface area contributed by atoms with Crippen molar-refractivity contribution in [3.05, 3.63) is 0 Å². The van der Waals surface area contributed by atoms with Gasteiger partial charge in [0.2, 0.25) is 0 Å². The Hall–Kier alpha value is -0.570. The molecule has 3 heteroatoms. The highest BCUT2D eigenvalue weighted by Gasteiger charge is 2.32. The lowest BCUT2D eigenvalue weighted by Crippen LogP contribution is -2.41. The molecule has 0 bridgehead atoms. The van der Waals surface area contributed by atoms with Crippen LogP contribution in [0.1, 0.15) is 59.3 Å². The second kappa shape index (κ2) is 5.67. The first-order chi connectivity index (χ1) is 7.43. The maximum Gasteiger partial charge on any atom is 0.323 e. The van der Waals surface area contributed by atoms with E-state index in [9.17, 15) is 4.79 Å². The van der Waals surface area contributed by atoms with Gasteiger partial charge in [-0.1, -0.05) is 20.3 Å². The quantitative estimate of drug-likeness (QED) is 0.751. The van der Waals surface area contributed by atoms with Crippen molar-refractivity contribution in [1.29, 1.82) is 0 Å². The van der Waals surface area contributed by atoms with Gasteiger partial charge in [-0.05, 0) is 44.9 Å². The summed E-state index contributed by atoms with van der Waals surface area (Å²) in [5.41, 5.74) is 5.56. The van der Waals surface area contributed by atoms with Crippen molar-refractivity contribution < 1.29 is 9.53 Å². The Balaban J connectivity index is 2.43. The molecule has 0 heterocycles. The Bertz CT molecular complexity index is 232. The van der Waals surface area contributed by atoms with Crippen LogP contribution in [0.5, 0.6) is 0 Å². The highest BCUT2D eigenvalue weighted by molar-refractivity contribution is 5.75. The molecule has 16 heavy (non-hydrogen) atoms. The molecule has 0 aliphatic heterocycles. The van der Waals surface area contributed by atoms with Crippen LogP contribution in [0.4, 0.5) is 0 Å². The first-order valence-corrected chi connectivity index (χ1v) is 6.41. The summed E-state index contributed by atoms with van der Waals surface area (Å²) in [7, 11) is 0. The van der Waals surface area contributed by atoms with Crippen LogP contribution in [0, 0.1) is 5.92 Å². The molecule has 0 aromatic carbocycles. The van der Waals surface area contributed by atoms with Gasteiger partial charge in [-0.2, -0.15) is 0 Å². The van der Waals surface area contributed by atoms with Crippen LogP contribution in [0.3, 0.4) is 0 Å². The first-order valence-electron chi connectivity index (χ1n) is 6.41. The normalized spacial score (nSPS) is 21.8. The minimum Gasteiger partial charge on any atom is -0.458 e. The number of carbonyl (C=O) groups is 1. The molecule has 2 N–H and O–H groups in total. The third-order valence-corrected chi connectivity index (χ3v) is 3.29. The number of ether oxygens (including phenoxy) is 1. The predicted molar refractivity (Wildman–Crippen MR) is 65.0 cm³/mol. The molecule has 0 amide bonds. The van der Waals surface area contributed by atoms with Crippen molar-refractivity contribution in [3.8, 4) is 0 Å². The van der Waals surface area contributed by atoms with Crippen molar-refractivity contribution in [3.63, 3.8) is 0 Å². The van der Waals surface area contributed by atoms with Crippen molar-refractivity contribution in [2.24, 2.45) is 11.7 Å². The summed E-state index contributed by atoms with van der Waals surface area (Å²) >= 11 is 0. The SMILES string of the molecule is CC(C)C[C@H](N)C(=O)OC1(C)CCCCC1. The van der Waals surface area contributed by atoms with Crippen LogP contribution in [0.25, 0.3) is 0 Å². The van der Waals surface area contributed by atoms with Gasteiger partial charge in [0.1, 0.15) is 11.6 Å². The lowest BCUT2D eigenvalue weighted by atomic mass is 9.86. The van der Waals surface area contributed by atoms with Gasteiger partial charge in [0.15, 0.2) is 0 Å². The average molecular weight is 227 g/mol. The second-order valence-electron chi connectivity index (χ2n) is 5.67. The second-order valence-corrected chi connectivity index (χ2v) is 5.67. The van der Waals surface area contributed by atoms with Crippen LogP contribution in [-0.4, -0.2) is 17.6 Å². The fourth-order valence-electron chi connectivity index (χ4n) is 2.32. The Kier molecular flexibility index (Phi) is 4.78. The summed E-state index contributed by atoms with van der Waals surface area (Å²) in [6, 6.07) is -0.459. The summed E-state index contributed by atoms with van der Waals surface area (Å²) in [4.78, 5) is 11.8. The molecule has 0 unspecified atom stereocenters. The van der Waals surface area contributed by atoms with E-state index in [2.05, 4.69) is 13.8 Å². The van der Waals surface area contributed by atoms with E-state index in [4.69, 9.17) is 10.5 Å². The molecule has 0 aromatic heterocycles. The minimum absolute atomic E-state index is 0.224. The zero-order valence-electron chi connectivity index (χ0n) is 10.8. The fourth-order valence-corrected chi connectivity index (χ4v) is 2.32. The first kappa shape index (κ1) is 13.5. The highest BCUT2D eigenvalue weighted by Crippen LogP contribution is 2.31. The van der Waals surface area contributed by atoms with E-state index in [1.165, 1.54) is 6.42 Å². The number of esters is 1. The smallest absolute Gasteiger partial charge is 0.323 e. The average Bonchev–Trinajstić information content (AvgIpc) is 2.16. The summed E-state index contributed by atoms with van der Waals surface area (Å²) in [6.45, 7) is 6.16. The van der Waals surface area contributed by atoms with Crippen LogP contribution in [0.15, 0.2) is 0 Å². The van der Waals surface area contributed by atoms with Gasteiger partial charge in [-0.15, -0.1) is 0 Å². The third-order valence-electron chi connectivity index (χ3n) is 3.29. The maximum absolute atomic E-state index is 11.8. The van der Waals surface area contributed by atoms with Crippen molar-refractivity contribution >= 4 is 5.97 Å². The number of rotatable bonds is 4. The van der Waals surface area contributed by atoms with Gasteiger partial charge in [-0.25, -0.2) is 0 Å². The third kappa shape index (κ3) is 4.12. The van der Waals surface area contributed by atoms with Crippen LogP contribution >= 0.6 is 0 Å². The van der Waals surface area contributed by atoms with Gasteiger partial charge in [0.25, 0.3) is 0 Å². The lowest BCUT2D eigenvalue weighted by Gasteiger charge is -2.34. The maximum atomic E-state index is 11.8. The van der Waals surface area contributed by atoms with Crippen molar-refractivity contribution in [2.45, 2.75) is 70.9 Å². The summed E-state index contributed by atoms with van der Waals surface area (Å²) in [5, 5.41) is 0. The molecule has 1 fully saturated rings. The molecule has 3 nitrogen and oxygen atoms in total. The Morgan fingerprint density at radius 3 is 2.38 bits per heavy atom. The zero-order valence-corrected chi connectivity index (χ0v) is 10.8. The lowest BCUT2D eigenvalue weighted by molar-refractivity contribution is -0.163. The molecule has 1 rings (SSSR count). The van der Waals surface area contributed by atoms with Gasteiger partial charge in [0.05, 0.1) is 0 Å². The molecule has 0 spiro atoms. The standard InChI is InChI=1S/C13H25NO2/c1-10(2)9-11(14)12(15)16-13(3)7-5-4-6-8-13/h10-11H,4-9,14H2,1-3H3/t11-/m0/s1. The zero-order chi connectivity index (χ0) is 12.2. The molecule has 1 aliphatic rings. The highest BCUT2D eigenvalue weighted by atomic mass is 16.6. The number of hydrogen-bond acceptors (Lipinski definition) is 3.